The summed E-state index contributed by atoms with van der Waals surface area (Å²) in [6.07, 6.45) is 0.226. The molecule has 2 saturated carbocycles. The second kappa shape index (κ2) is 4.58. The van der Waals surface area contributed by atoms with E-state index in [0.717, 1.165) is 0 Å². The van der Waals surface area contributed by atoms with Gasteiger partial charge in [0.1, 0.15) is 0 Å². The van der Waals surface area contributed by atoms with E-state index in [0.29, 0.717) is 19.4 Å². The van der Waals surface area contributed by atoms with Crippen molar-refractivity contribution in [2.45, 2.75) is 49.5 Å². The van der Waals surface area contributed by atoms with Gasteiger partial charge < -0.3 is 0 Å². The molecule has 0 aromatic heterocycles. The van der Waals surface area contributed by atoms with Crippen LogP contribution in [-0.2, 0) is 13.0 Å². The summed E-state index contributed by atoms with van der Waals surface area (Å²) in [6, 6.07) is 0. The molecule has 1 amide bonds. The molecule has 0 radical (unpaired) electrons. The van der Waals surface area contributed by atoms with Crippen molar-refractivity contribution in [2.75, 3.05) is 6.54 Å². The number of alkyl halides is 3. The molecule has 2 aliphatic carbocycles. The van der Waals surface area contributed by atoms with Gasteiger partial charge in [-0.15, -0.1) is 0 Å². The summed E-state index contributed by atoms with van der Waals surface area (Å²) in [4.78, 5) is 11.0. The number of ether oxygens (including phenoxy) is 1. The number of halogens is 3. The first kappa shape index (κ1) is 17.4. The molecule has 10 heteroatoms. The molecule has 1 saturated heterocycles. The topological polar surface area (TPSA) is 72.5 Å². The van der Waals surface area contributed by atoms with Crippen LogP contribution in [0.25, 0.3) is 0 Å². The third kappa shape index (κ3) is 2.10. The predicted octanol–water partition coefficient (Wildman–Crippen LogP) is 2.26. The molecule has 0 aromatic rings. The molecule has 132 valence electrons. The average Bonchev–Trinajstić information content (AvgIpc) is 2.87. The first-order chi connectivity index (χ1) is 10.3. The zero-order chi connectivity index (χ0) is 17.5. The van der Waals surface area contributed by atoms with Crippen molar-refractivity contribution >= 4 is 28.2 Å². The number of hydrogen-bond donors (Lipinski definition) is 1. The second-order valence-electron chi connectivity index (χ2n) is 7.34. The quantitative estimate of drug-likeness (QED) is 0.696. The maximum absolute atomic E-state index is 12.7. The van der Waals surface area contributed by atoms with Gasteiger partial charge in [-0.1, -0.05) is 0 Å². The molecule has 3 rings (SSSR count). The maximum atomic E-state index is 12.7. The van der Waals surface area contributed by atoms with Gasteiger partial charge in [-0.3, -0.25) is 0 Å². The van der Waals surface area contributed by atoms with Crippen molar-refractivity contribution in [3.63, 3.8) is 0 Å². The Balaban J connectivity index is 1.91. The van der Waals surface area contributed by atoms with Crippen molar-refractivity contribution in [2.24, 2.45) is 16.7 Å². The average molecular weight is 420 g/mol. The fourth-order valence-electron chi connectivity index (χ4n) is 4.63. The summed E-state index contributed by atoms with van der Waals surface area (Å²) in [5.41, 5.74) is -6.88. The van der Waals surface area contributed by atoms with Gasteiger partial charge in [-0.05, 0) is 0 Å². The van der Waals surface area contributed by atoms with Crippen LogP contribution in [0, 0.1) is 16.7 Å². The Hall–Kier alpha value is -0.471. The first-order valence-corrected chi connectivity index (χ1v) is 11.7. The minimum atomic E-state index is -5.20. The molecule has 1 heterocycles. The van der Waals surface area contributed by atoms with Crippen molar-refractivity contribution in [3.05, 3.63) is 0 Å². The molecule has 3 aliphatic rings. The van der Waals surface area contributed by atoms with Gasteiger partial charge in [-0.25, -0.2) is 0 Å². The summed E-state index contributed by atoms with van der Waals surface area (Å²) < 4.78 is 66.8. The Labute approximate surface area is 137 Å². The zero-order valence-corrected chi connectivity index (χ0v) is 15.4. The van der Waals surface area contributed by atoms with Crippen molar-refractivity contribution in [1.29, 1.82) is 0 Å². The van der Waals surface area contributed by atoms with E-state index in [1.165, 1.54) is 0 Å². The monoisotopic (exact) mass is 421 g/mol. The standard InChI is InChI=1S/C13H18F3NO4SSe/c1-10(2)7-4-12(6-17-9(18)21-12)11(10,3)5-8(7)23-22(19,20)13(14,15)16/h7-8H,4-6H2,1-3H3,(H,17,18)/t7?,8-,11?,12?/m1/s1. The van der Waals surface area contributed by atoms with Gasteiger partial charge in [0.05, 0.1) is 0 Å². The molecule has 2 bridgehead atoms. The van der Waals surface area contributed by atoms with Crippen LogP contribution in [0.15, 0.2) is 0 Å². The van der Waals surface area contributed by atoms with E-state index in [-0.39, 0.29) is 5.92 Å². The molecule has 1 aliphatic heterocycles. The Kier molecular flexibility index (Phi) is 3.45. The van der Waals surface area contributed by atoms with Gasteiger partial charge in [0.2, 0.25) is 0 Å². The number of carbonyl (C=O) groups excluding carboxylic acids is 1. The van der Waals surface area contributed by atoms with Crippen LogP contribution in [0.4, 0.5) is 18.0 Å². The molecule has 1 spiro atoms. The Morgan fingerprint density at radius 1 is 1.26 bits per heavy atom. The predicted molar refractivity (Wildman–Crippen MR) is 76.3 cm³/mol. The zero-order valence-electron chi connectivity index (χ0n) is 12.9. The molecule has 3 unspecified atom stereocenters. The van der Waals surface area contributed by atoms with Crippen LogP contribution in [-0.4, -0.2) is 46.0 Å². The van der Waals surface area contributed by atoms with Gasteiger partial charge in [-0.2, -0.15) is 0 Å². The number of fused-ring (bicyclic) bond motifs is 3. The third-order valence-electron chi connectivity index (χ3n) is 6.30. The number of carbonyl (C=O) groups is 1. The van der Waals surface area contributed by atoms with Gasteiger partial charge >= 0.3 is 137 Å². The van der Waals surface area contributed by atoms with Crippen LogP contribution in [0.2, 0.25) is 4.82 Å². The van der Waals surface area contributed by atoms with Gasteiger partial charge in [0, 0.05) is 0 Å². The third-order valence-corrected chi connectivity index (χ3v) is 12.7. The van der Waals surface area contributed by atoms with Crippen molar-refractivity contribution in [3.8, 4) is 0 Å². The molecule has 1 N–H and O–H groups in total. The first-order valence-electron chi connectivity index (χ1n) is 7.22. The van der Waals surface area contributed by atoms with E-state index >= 15 is 0 Å². The number of nitrogens with one attached hydrogen (secondary N) is 1. The molecule has 4 atom stereocenters. The fourth-order valence-corrected chi connectivity index (χ4v) is 10.9. The number of alkyl carbamates (subject to hydrolysis) is 1. The summed E-state index contributed by atoms with van der Waals surface area (Å²) in [6.45, 7) is 6.11. The molecular weight excluding hydrogens is 402 g/mol. The van der Waals surface area contributed by atoms with E-state index in [1.807, 2.05) is 20.8 Å². The van der Waals surface area contributed by atoms with Crippen LogP contribution < -0.4 is 5.32 Å². The molecule has 23 heavy (non-hydrogen) atoms. The number of hydrogen-bond acceptors (Lipinski definition) is 4. The van der Waals surface area contributed by atoms with Crippen LogP contribution in [0.1, 0.15) is 33.6 Å². The summed E-state index contributed by atoms with van der Waals surface area (Å²) in [5.74, 6) is -0.211. The van der Waals surface area contributed by atoms with Gasteiger partial charge in [0.15, 0.2) is 0 Å². The Morgan fingerprint density at radius 2 is 1.87 bits per heavy atom. The normalized spacial score (nSPS) is 42.1. The van der Waals surface area contributed by atoms with Crippen LogP contribution >= 0.6 is 0 Å². The minimum absolute atomic E-state index is 0.211. The Bertz CT molecular complexity index is 665. The fraction of sp³-hybridized carbons (Fsp3) is 0.923. The van der Waals surface area contributed by atoms with Crippen molar-refractivity contribution < 1.29 is 31.1 Å². The number of rotatable bonds is 2. The molecule has 0 aromatic carbocycles. The molecule has 3 fully saturated rings. The van der Waals surface area contributed by atoms with E-state index in [1.54, 1.807) is 0 Å². The molecular formula is C13H18F3NO4SSe. The van der Waals surface area contributed by atoms with Gasteiger partial charge in [0.25, 0.3) is 0 Å². The number of amides is 1. The van der Waals surface area contributed by atoms with E-state index < -0.39 is 54.9 Å². The summed E-state index contributed by atoms with van der Waals surface area (Å²) >= 11 is -1.57. The summed E-state index contributed by atoms with van der Waals surface area (Å²) in [7, 11) is -5.09. The van der Waals surface area contributed by atoms with Crippen LogP contribution in [0.5, 0.6) is 0 Å². The van der Waals surface area contributed by atoms with Crippen LogP contribution in [0.3, 0.4) is 0 Å². The SMILES string of the molecule is CC1(C)C2CC3(CNC(=O)O3)C1(C)C[C@H]2[Se]S(=O)(=O)C(F)(F)F. The van der Waals surface area contributed by atoms with Crippen molar-refractivity contribution in [1.82, 2.24) is 5.32 Å². The Morgan fingerprint density at radius 3 is 2.26 bits per heavy atom. The summed E-state index contributed by atoms with van der Waals surface area (Å²) in [5, 5.41) is 2.63. The van der Waals surface area contributed by atoms with E-state index in [4.69, 9.17) is 4.74 Å². The van der Waals surface area contributed by atoms with E-state index in [9.17, 15) is 26.4 Å². The second-order valence-corrected chi connectivity index (χ2v) is 14.1. The molecule has 5 nitrogen and oxygen atoms in total. The van der Waals surface area contributed by atoms with E-state index in [2.05, 4.69) is 5.32 Å².